The number of carbonyl (C=O) groups excluding carboxylic acids is 1. The zero-order valence-electron chi connectivity index (χ0n) is 12.9. The van der Waals surface area contributed by atoms with Gasteiger partial charge >= 0.3 is 0 Å². The van der Waals surface area contributed by atoms with Crippen LogP contribution in [0, 0.1) is 11.3 Å². The maximum atomic E-state index is 12.4. The summed E-state index contributed by atoms with van der Waals surface area (Å²) in [6.45, 7) is 6.06. The molecule has 0 aromatic heterocycles. The fraction of sp³-hybridized carbons (Fsp3) is 0.933. The maximum Gasteiger partial charge on any atom is 0.252 e. The SMILES string of the molecule is CCC1(C)CC1(N)C(=O)NS(=O)C(C)C1CCCCC1. The molecular weight excluding hydrogens is 272 g/mol. The summed E-state index contributed by atoms with van der Waals surface area (Å²) in [4.78, 5) is 12.3. The van der Waals surface area contributed by atoms with Crippen molar-refractivity contribution in [3.63, 3.8) is 0 Å². The van der Waals surface area contributed by atoms with E-state index >= 15 is 0 Å². The Hall–Kier alpha value is -0.420. The molecule has 0 bridgehead atoms. The monoisotopic (exact) mass is 300 g/mol. The molecule has 0 saturated heterocycles. The maximum absolute atomic E-state index is 12.4. The third-order valence-electron chi connectivity index (χ3n) is 5.65. The van der Waals surface area contributed by atoms with E-state index in [9.17, 15) is 9.00 Å². The number of amides is 1. The summed E-state index contributed by atoms with van der Waals surface area (Å²) in [5.41, 5.74) is 5.21. The average Bonchev–Trinajstić information content (AvgIpc) is 3.03. The number of hydrogen-bond acceptors (Lipinski definition) is 3. The number of nitrogens with one attached hydrogen (secondary N) is 1. The molecular formula is C15H28N2O2S. The van der Waals surface area contributed by atoms with E-state index in [-0.39, 0.29) is 16.6 Å². The van der Waals surface area contributed by atoms with Gasteiger partial charge in [0.05, 0.1) is 5.25 Å². The van der Waals surface area contributed by atoms with Gasteiger partial charge in [-0.3, -0.25) is 9.52 Å². The van der Waals surface area contributed by atoms with Crippen LogP contribution < -0.4 is 10.5 Å². The summed E-state index contributed by atoms with van der Waals surface area (Å²) in [5.74, 6) is 0.234. The Morgan fingerprint density at radius 1 is 1.40 bits per heavy atom. The minimum atomic E-state index is -1.31. The first-order valence-electron chi connectivity index (χ1n) is 7.84. The minimum Gasteiger partial charge on any atom is -0.317 e. The molecule has 0 aliphatic heterocycles. The van der Waals surface area contributed by atoms with Gasteiger partial charge in [-0.2, -0.15) is 0 Å². The molecule has 4 unspecified atom stereocenters. The molecule has 2 fully saturated rings. The molecule has 4 atom stereocenters. The van der Waals surface area contributed by atoms with Gasteiger partial charge in [0.1, 0.15) is 16.5 Å². The summed E-state index contributed by atoms with van der Waals surface area (Å²) in [6, 6.07) is 0. The lowest BCUT2D eigenvalue weighted by Crippen LogP contribution is -2.49. The fourth-order valence-electron chi connectivity index (χ4n) is 3.42. The molecule has 3 N–H and O–H groups in total. The molecule has 0 heterocycles. The minimum absolute atomic E-state index is 0.0227. The van der Waals surface area contributed by atoms with Crippen LogP contribution in [0.2, 0.25) is 0 Å². The van der Waals surface area contributed by atoms with Crippen molar-refractivity contribution in [3.05, 3.63) is 0 Å². The number of hydrogen-bond donors (Lipinski definition) is 2. The largest absolute Gasteiger partial charge is 0.317 e. The molecule has 4 nitrogen and oxygen atoms in total. The van der Waals surface area contributed by atoms with Crippen LogP contribution in [-0.4, -0.2) is 20.9 Å². The van der Waals surface area contributed by atoms with Gasteiger partial charge in [0, 0.05) is 0 Å². The topological polar surface area (TPSA) is 72.2 Å². The molecule has 20 heavy (non-hydrogen) atoms. The Labute approximate surface area is 124 Å². The van der Waals surface area contributed by atoms with Gasteiger partial charge in [-0.25, -0.2) is 4.21 Å². The van der Waals surface area contributed by atoms with Gasteiger partial charge in [0.15, 0.2) is 0 Å². The normalized spacial score (nSPS) is 37.2. The average molecular weight is 300 g/mol. The smallest absolute Gasteiger partial charge is 0.252 e. The van der Waals surface area contributed by atoms with Gasteiger partial charge in [-0.05, 0) is 43.9 Å². The van der Waals surface area contributed by atoms with Crippen LogP contribution >= 0.6 is 0 Å². The van der Waals surface area contributed by atoms with Crippen molar-refractivity contribution in [1.82, 2.24) is 4.72 Å². The quantitative estimate of drug-likeness (QED) is 0.818. The highest BCUT2D eigenvalue weighted by molar-refractivity contribution is 7.84. The Kier molecular flexibility index (Phi) is 4.59. The van der Waals surface area contributed by atoms with Gasteiger partial charge in [-0.1, -0.05) is 33.1 Å². The molecule has 0 aromatic carbocycles. The van der Waals surface area contributed by atoms with Crippen molar-refractivity contribution in [3.8, 4) is 0 Å². The highest BCUT2D eigenvalue weighted by Gasteiger charge is 2.65. The molecule has 2 rings (SSSR count). The lowest BCUT2D eigenvalue weighted by Gasteiger charge is -2.27. The molecule has 1 amide bonds. The molecule has 2 aliphatic carbocycles. The number of carbonyl (C=O) groups is 1. The Bertz CT molecular complexity index is 409. The zero-order chi connectivity index (χ0) is 15.0. The van der Waals surface area contributed by atoms with Crippen molar-refractivity contribution >= 4 is 16.9 Å². The van der Waals surface area contributed by atoms with Crippen LogP contribution in [0.5, 0.6) is 0 Å². The van der Waals surface area contributed by atoms with E-state index in [0.717, 1.165) is 19.3 Å². The molecule has 5 heteroatoms. The molecule has 2 saturated carbocycles. The second-order valence-electron chi connectivity index (χ2n) is 6.89. The molecule has 116 valence electrons. The van der Waals surface area contributed by atoms with Crippen molar-refractivity contribution < 1.29 is 9.00 Å². The third-order valence-corrected chi connectivity index (χ3v) is 7.10. The van der Waals surface area contributed by atoms with Crippen molar-refractivity contribution in [1.29, 1.82) is 0 Å². The first-order chi connectivity index (χ1) is 9.34. The van der Waals surface area contributed by atoms with Crippen LogP contribution in [0.4, 0.5) is 0 Å². The summed E-state index contributed by atoms with van der Waals surface area (Å²) in [7, 11) is -1.31. The van der Waals surface area contributed by atoms with Gasteiger partial charge in [-0.15, -0.1) is 0 Å². The van der Waals surface area contributed by atoms with Gasteiger partial charge in [0.25, 0.3) is 5.91 Å². The molecule has 0 aromatic rings. The predicted octanol–water partition coefficient (Wildman–Crippen LogP) is 2.25. The van der Waals surface area contributed by atoms with E-state index in [4.69, 9.17) is 5.73 Å². The summed E-state index contributed by atoms with van der Waals surface area (Å²) < 4.78 is 15.0. The van der Waals surface area contributed by atoms with Crippen LogP contribution in [0.1, 0.15) is 65.7 Å². The van der Waals surface area contributed by atoms with Crippen molar-refractivity contribution in [2.75, 3.05) is 0 Å². The summed E-state index contributed by atoms with van der Waals surface area (Å²) >= 11 is 0. The standard InChI is InChI=1S/C15H28N2O2S/c1-4-14(3)10-15(14,16)13(18)17-20(19)11(2)12-8-6-5-7-9-12/h11-12H,4-10,16H2,1-3H3,(H,17,18). The number of nitrogens with two attached hydrogens (primary N) is 1. The second-order valence-corrected chi connectivity index (χ2v) is 8.44. The zero-order valence-corrected chi connectivity index (χ0v) is 13.7. The number of rotatable bonds is 5. The first-order valence-corrected chi connectivity index (χ1v) is 9.06. The fourth-order valence-corrected chi connectivity index (χ4v) is 4.59. The lowest BCUT2D eigenvalue weighted by atomic mass is 9.87. The van der Waals surface area contributed by atoms with E-state index in [0.29, 0.717) is 12.3 Å². The Morgan fingerprint density at radius 2 is 2.00 bits per heavy atom. The highest BCUT2D eigenvalue weighted by Crippen LogP contribution is 2.56. The van der Waals surface area contributed by atoms with E-state index in [2.05, 4.69) is 4.72 Å². The summed E-state index contributed by atoms with van der Waals surface area (Å²) in [6.07, 6.45) is 7.54. The van der Waals surface area contributed by atoms with E-state index in [1.807, 2.05) is 20.8 Å². The Balaban J connectivity index is 1.90. The summed E-state index contributed by atoms with van der Waals surface area (Å²) in [5, 5.41) is 0.0227. The van der Waals surface area contributed by atoms with E-state index < -0.39 is 16.5 Å². The molecule has 2 aliphatic rings. The highest BCUT2D eigenvalue weighted by atomic mass is 32.2. The van der Waals surface area contributed by atoms with Crippen LogP contribution in [-0.2, 0) is 15.8 Å². The van der Waals surface area contributed by atoms with Gasteiger partial charge < -0.3 is 5.73 Å². The Morgan fingerprint density at radius 3 is 2.50 bits per heavy atom. The van der Waals surface area contributed by atoms with Crippen molar-refractivity contribution in [2.45, 2.75) is 76.5 Å². The van der Waals surface area contributed by atoms with Crippen LogP contribution in [0.25, 0.3) is 0 Å². The molecule has 0 radical (unpaired) electrons. The lowest BCUT2D eigenvalue weighted by molar-refractivity contribution is -0.122. The van der Waals surface area contributed by atoms with Crippen molar-refractivity contribution in [2.24, 2.45) is 17.1 Å². The molecule has 0 spiro atoms. The van der Waals surface area contributed by atoms with E-state index in [1.54, 1.807) is 0 Å². The third kappa shape index (κ3) is 2.80. The van der Waals surface area contributed by atoms with E-state index in [1.165, 1.54) is 19.3 Å². The van der Waals surface area contributed by atoms with Crippen LogP contribution in [0.15, 0.2) is 0 Å². The first kappa shape index (κ1) is 16.0. The predicted molar refractivity (Wildman–Crippen MR) is 82.3 cm³/mol. The second kappa shape index (κ2) is 5.76. The van der Waals surface area contributed by atoms with Crippen LogP contribution in [0.3, 0.4) is 0 Å². The van der Waals surface area contributed by atoms with Gasteiger partial charge in [0.2, 0.25) is 0 Å².